The highest BCUT2D eigenvalue weighted by molar-refractivity contribution is 7.80. The number of nitrogens with two attached hydrogens (primary N) is 1. The van der Waals surface area contributed by atoms with Gasteiger partial charge in [0.2, 0.25) is 5.82 Å². The van der Waals surface area contributed by atoms with Crippen LogP contribution in [-0.4, -0.2) is 41.1 Å². The molecule has 19 heavy (non-hydrogen) atoms. The van der Waals surface area contributed by atoms with Gasteiger partial charge in [-0.15, -0.1) is 0 Å². The lowest BCUT2D eigenvalue weighted by Gasteiger charge is -2.22. The Bertz CT molecular complexity index is 479. The third kappa shape index (κ3) is 4.44. The number of carbonyl (C=O) groups is 1. The second-order valence-electron chi connectivity index (χ2n) is 3.98. The molecule has 0 saturated heterocycles. The van der Waals surface area contributed by atoms with Crippen LogP contribution < -0.4 is 10.6 Å². The monoisotopic (exact) mass is 282 g/mol. The average Bonchev–Trinajstić information content (AvgIpc) is 2.37. The number of aromatic nitrogens is 2. The molecule has 0 radical (unpaired) electrons. The van der Waals surface area contributed by atoms with Crippen LogP contribution in [0.4, 0.5) is 5.82 Å². The first-order valence-corrected chi connectivity index (χ1v) is 6.36. The maximum absolute atomic E-state index is 11.5. The normalized spacial score (nSPS) is 10.1. The SMILES string of the molecule is CCN(CCC(N)=S)c1cc(C)nc(C(=O)OC)n1. The molecule has 0 aliphatic carbocycles. The van der Waals surface area contributed by atoms with Crippen molar-refractivity contribution in [3.05, 3.63) is 17.6 Å². The van der Waals surface area contributed by atoms with E-state index in [9.17, 15) is 4.79 Å². The van der Waals surface area contributed by atoms with Gasteiger partial charge in [0.05, 0.1) is 12.1 Å². The summed E-state index contributed by atoms with van der Waals surface area (Å²) in [6.07, 6.45) is 0.597. The van der Waals surface area contributed by atoms with Crippen LogP contribution in [0.2, 0.25) is 0 Å². The lowest BCUT2D eigenvalue weighted by atomic mass is 10.3. The van der Waals surface area contributed by atoms with E-state index < -0.39 is 5.97 Å². The molecule has 1 aromatic heterocycles. The van der Waals surface area contributed by atoms with Crippen molar-refractivity contribution in [2.24, 2.45) is 5.73 Å². The molecule has 0 fully saturated rings. The van der Waals surface area contributed by atoms with E-state index in [0.717, 1.165) is 6.54 Å². The first-order chi connectivity index (χ1) is 8.97. The van der Waals surface area contributed by atoms with Gasteiger partial charge in [0, 0.05) is 31.3 Å². The Balaban J connectivity index is 2.99. The molecule has 6 nitrogen and oxygen atoms in total. The number of rotatable bonds is 6. The summed E-state index contributed by atoms with van der Waals surface area (Å²) in [6, 6.07) is 1.81. The van der Waals surface area contributed by atoms with Gasteiger partial charge in [-0.3, -0.25) is 0 Å². The molecule has 104 valence electrons. The van der Waals surface area contributed by atoms with Crippen molar-refractivity contribution in [1.29, 1.82) is 0 Å². The van der Waals surface area contributed by atoms with Gasteiger partial charge in [-0.2, -0.15) is 0 Å². The van der Waals surface area contributed by atoms with Gasteiger partial charge in [0.15, 0.2) is 0 Å². The highest BCUT2D eigenvalue weighted by atomic mass is 32.1. The second kappa shape index (κ2) is 6.98. The Morgan fingerprint density at radius 2 is 2.21 bits per heavy atom. The Morgan fingerprint density at radius 3 is 2.74 bits per heavy atom. The van der Waals surface area contributed by atoms with E-state index >= 15 is 0 Å². The summed E-state index contributed by atoms with van der Waals surface area (Å²) in [7, 11) is 1.30. The van der Waals surface area contributed by atoms with Gasteiger partial charge in [-0.25, -0.2) is 14.8 Å². The minimum atomic E-state index is -0.546. The predicted molar refractivity (Wildman–Crippen MR) is 77.4 cm³/mol. The molecule has 0 unspecified atom stereocenters. The van der Waals surface area contributed by atoms with E-state index in [1.165, 1.54) is 7.11 Å². The van der Waals surface area contributed by atoms with Crippen molar-refractivity contribution in [3.8, 4) is 0 Å². The zero-order valence-corrected chi connectivity index (χ0v) is 12.2. The molecule has 0 aliphatic heterocycles. The van der Waals surface area contributed by atoms with E-state index in [0.29, 0.717) is 29.5 Å². The summed E-state index contributed by atoms with van der Waals surface area (Å²) in [4.78, 5) is 22.2. The van der Waals surface area contributed by atoms with Crippen molar-refractivity contribution in [1.82, 2.24) is 9.97 Å². The summed E-state index contributed by atoms with van der Waals surface area (Å²) < 4.78 is 4.63. The van der Waals surface area contributed by atoms with E-state index in [4.69, 9.17) is 18.0 Å². The number of aryl methyl sites for hydroxylation is 1. The lowest BCUT2D eigenvalue weighted by molar-refractivity contribution is 0.0586. The van der Waals surface area contributed by atoms with Crippen LogP contribution in [0.15, 0.2) is 6.07 Å². The molecule has 1 aromatic rings. The largest absolute Gasteiger partial charge is 0.463 e. The molecule has 2 N–H and O–H groups in total. The number of hydrogen-bond acceptors (Lipinski definition) is 6. The Morgan fingerprint density at radius 1 is 1.53 bits per heavy atom. The van der Waals surface area contributed by atoms with Gasteiger partial charge in [0.25, 0.3) is 0 Å². The summed E-state index contributed by atoms with van der Waals surface area (Å²) in [5, 5.41) is 0. The molecular formula is C12H18N4O2S. The van der Waals surface area contributed by atoms with Gasteiger partial charge < -0.3 is 15.4 Å². The molecule has 1 heterocycles. The maximum atomic E-state index is 11.5. The van der Waals surface area contributed by atoms with E-state index in [1.54, 1.807) is 6.92 Å². The number of thiocarbonyl (C=S) groups is 1. The fourth-order valence-corrected chi connectivity index (χ4v) is 1.67. The zero-order valence-electron chi connectivity index (χ0n) is 11.3. The highest BCUT2D eigenvalue weighted by Gasteiger charge is 2.14. The number of anilines is 1. The summed E-state index contributed by atoms with van der Waals surface area (Å²) in [5.74, 6) is 0.188. The molecule has 0 saturated carbocycles. The molecule has 7 heteroatoms. The molecule has 0 spiro atoms. The topological polar surface area (TPSA) is 81.3 Å². The average molecular weight is 282 g/mol. The number of carbonyl (C=O) groups excluding carboxylic acids is 1. The standard InChI is InChI=1S/C12H18N4O2S/c1-4-16(6-5-9(13)19)10-7-8(2)14-11(15-10)12(17)18-3/h7H,4-6H2,1-3H3,(H2,13,19). The van der Waals surface area contributed by atoms with Gasteiger partial charge in [0.1, 0.15) is 5.82 Å². The number of esters is 1. The third-order valence-electron chi connectivity index (χ3n) is 2.54. The van der Waals surface area contributed by atoms with Gasteiger partial charge in [-0.05, 0) is 13.8 Å². The predicted octanol–water partition coefficient (Wildman–Crippen LogP) is 1.07. The smallest absolute Gasteiger partial charge is 0.376 e. The summed E-state index contributed by atoms with van der Waals surface area (Å²) in [6.45, 7) is 5.19. The molecule has 0 atom stereocenters. The maximum Gasteiger partial charge on any atom is 0.376 e. The van der Waals surface area contributed by atoms with Crippen LogP contribution in [0.5, 0.6) is 0 Å². The molecule has 0 aliphatic rings. The molecule has 1 rings (SSSR count). The first kappa shape index (κ1) is 15.3. The van der Waals surface area contributed by atoms with Crippen LogP contribution in [-0.2, 0) is 4.74 Å². The minimum absolute atomic E-state index is 0.0614. The molecule has 0 bridgehead atoms. The Kier molecular flexibility index (Phi) is 5.62. The third-order valence-corrected chi connectivity index (χ3v) is 2.75. The Labute approximate surface area is 118 Å². The van der Waals surface area contributed by atoms with Crippen molar-refractivity contribution in [2.75, 3.05) is 25.1 Å². The molecule has 0 amide bonds. The number of hydrogen-bond donors (Lipinski definition) is 1. The fourth-order valence-electron chi connectivity index (χ4n) is 1.58. The minimum Gasteiger partial charge on any atom is -0.463 e. The first-order valence-electron chi connectivity index (χ1n) is 5.95. The number of nitrogens with zero attached hydrogens (tertiary/aromatic N) is 3. The van der Waals surface area contributed by atoms with Crippen molar-refractivity contribution >= 4 is 29.0 Å². The Hall–Kier alpha value is -1.76. The van der Waals surface area contributed by atoms with Crippen LogP contribution >= 0.6 is 12.2 Å². The summed E-state index contributed by atoms with van der Waals surface area (Å²) in [5.41, 5.74) is 6.21. The van der Waals surface area contributed by atoms with Crippen molar-refractivity contribution < 1.29 is 9.53 Å². The molecule has 0 aromatic carbocycles. The van der Waals surface area contributed by atoms with Crippen molar-refractivity contribution in [3.63, 3.8) is 0 Å². The van der Waals surface area contributed by atoms with Crippen LogP contribution in [0.3, 0.4) is 0 Å². The van der Waals surface area contributed by atoms with Crippen LogP contribution in [0.25, 0.3) is 0 Å². The van der Waals surface area contributed by atoms with Gasteiger partial charge in [-0.1, -0.05) is 12.2 Å². The quantitative estimate of drug-likeness (QED) is 0.617. The van der Waals surface area contributed by atoms with Crippen LogP contribution in [0.1, 0.15) is 29.7 Å². The van der Waals surface area contributed by atoms with E-state index in [1.807, 2.05) is 17.9 Å². The second-order valence-corrected chi connectivity index (χ2v) is 4.50. The zero-order chi connectivity index (χ0) is 14.4. The van der Waals surface area contributed by atoms with Gasteiger partial charge >= 0.3 is 5.97 Å². The highest BCUT2D eigenvalue weighted by Crippen LogP contribution is 2.13. The number of methoxy groups -OCH3 is 1. The summed E-state index contributed by atoms with van der Waals surface area (Å²) >= 11 is 4.87. The lowest BCUT2D eigenvalue weighted by Crippen LogP contribution is -2.28. The van der Waals surface area contributed by atoms with E-state index in [2.05, 4.69) is 14.7 Å². The number of ether oxygens (including phenoxy) is 1. The fraction of sp³-hybridized carbons (Fsp3) is 0.500. The van der Waals surface area contributed by atoms with E-state index in [-0.39, 0.29) is 5.82 Å². The van der Waals surface area contributed by atoms with Crippen molar-refractivity contribution in [2.45, 2.75) is 20.3 Å². The van der Waals surface area contributed by atoms with Crippen LogP contribution in [0, 0.1) is 6.92 Å². The molecular weight excluding hydrogens is 264 g/mol.